The maximum Gasteiger partial charge on any atom is 0.228 e. The number of nitrogens with two attached hydrogens (primary N) is 1. The minimum absolute atomic E-state index is 0.0860. The zero-order chi connectivity index (χ0) is 13.2. The molecule has 2 N–H and O–H groups in total. The molecule has 0 spiro atoms. The molecule has 6 nitrogen and oxygen atoms in total. The number of aromatic nitrogens is 2. The highest BCUT2D eigenvalue weighted by atomic mass is 16.5. The van der Waals surface area contributed by atoms with E-state index >= 15 is 0 Å². The molecule has 1 unspecified atom stereocenters. The highest BCUT2D eigenvalue weighted by Crippen LogP contribution is 2.20. The minimum Gasteiger partial charge on any atom is -0.367 e. The highest BCUT2D eigenvalue weighted by molar-refractivity contribution is 4.97. The van der Waals surface area contributed by atoms with Crippen LogP contribution in [0.3, 0.4) is 0 Å². The molecular formula is C12H22N4O2. The largest absolute Gasteiger partial charge is 0.367 e. The summed E-state index contributed by atoms with van der Waals surface area (Å²) in [7, 11) is 0. The Morgan fingerprint density at radius 2 is 2.28 bits per heavy atom. The molecule has 1 aromatic rings. The second-order valence-electron chi connectivity index (χ2n) is 5.46. The van der Waals surface area contributed by atoms with Crippen LogP contribution < -0.4 is 5.73 Å². The summed E-state index contributed by atoms with van der Waals surface area (Å²) in [5, 5.41) is 4.00. The Bertz CT molecular complexity index is 386. The van der Waals surface area contributed by atoms with Crippen LogP contribution in [0.15, 0.2) is 4.52 Å². The van der Waals surface area contributed by atoms with Gasteiger partial charge in [-0.1, -0.05) is 12.1 Å². The van der Waals surface area contributed by atoms with Crippen LogP contribution in [-0.4, -0.2) is 46.8 Å². The molecule has 0 amide bonds. The summed E-state index contributed by atoms with van der Waals surface area (Å²) in [6.07, 6.45) is 0.488. The van der Waals surface area contributed by atoms with Crippen molar-refractivity contribution in [1.29, 1.82) is 0 Å². The Morgan fingerprint density at radius 1 is 1.50 bits per heavy atom. The molecule has 1 aliphatic rings. The Balaban J connectivity index is 2.01. The predicted octanol–water partition coefficient (Wildman–Crippen LogP) is 0.743. The molecule has 0 bridgehead atoms. The zero-order valence-corrected chi connectivity index (χ0v) is 11.3. The van der Waals surface area contributed by atoms with E-state index in [2.05, 4.69) is 22.0 Å². The maximum absolute atomic E-state index is 5.93. The standard InChI is InChI=1S/C12H22N4O2/c1-4-16-5-6-17-9(8-16)11-14-10(18-15-11)7-12(2,3)13/h9H,4-8,13H2,1-3H3. The zero-order valence-electron chi connectivity index (χ0n) is 11.3. The molecule has 2 heterocycles. The smallest absolute Gasteiger partial charge is 0.228 e. The van der Waals surface area contributed by atoms with E-state index in [1.807, 2.05) is 13.8 Å². The van der Waals surface area contributed by atoms with Crippen LogP contribution >= 0.6 is 0 Å². The number of nitrogens with zero attached hydrogens (tertiary/aromatic N) is 3. The average molecular weight is 254 g/mol. The van der Waals surface area contributed by atoms with Gasteiger partial charge in [0.2, 0.25) is 11.7 Å². The maximum atomic E-state index is 5.93. The van der Waals surface area contributed by atoms with Crippen molar-refractivity contribution in [3.63, 3.8) is 0 Å². The van der Waals surface area contributed by atoms with Crippen LogP contribution in [0.5, 0.6) is 0 Å². The lowest BCUT2D eigenvalue weighted by molar-refractivity contribution is -0.0334. The fraction of sp³-hybridized carbons (Fsp3) is 0.833. The van der Waals surface area contributed by atoms with E-state index in [4.69, 9.17) is 15.0 Å². The number of rotatable bonds is 4. The van der Waals surface area contributed by atoms with E-state index in [-0.39, 0.29) is 11.6 Å². The Labute approximate surface area is 107 Å². The number of likely N-dealkylation sites (N-methyl/N-ethyl adjacent to an activating group) is 1. The van der Waals surface area contributed by atoms with Gasteiger partial charge >= 0.3 is 0 Å². The lowest BCUT2D eigenvalue weighted by Crippen LogP contribution is -2.38. The summed E-state index contributed by atoms with van der Waals surface area (Å²) in [6, 6.07) is 0. The average Bonchev–Trinajstić information content (AvgIpc) is 2.75. The van der Waals surface area contributed by atoms with Crippen LogP contribution in [0.25, 0.3) is 0 Å². The fourth-order valence-corrected chi connectivity index (χ4v) is 2.01. The van der Waals surface area contributed by atoms with Crippen molar-refractivity contribution in [2.45, 2.75) is 38.8 Å². The van der Waals surface area contributed by atoms with E-state index < -0.39 is 0 Å². The monoisotopic (exact) mass is 254 g/mol. The van der Waals surface area contributed by atoms with Gasteiger partial charge in [-0.2, -0.15) is 4.98 Å². The van der Waals surface area contributed by atoms with Gasteiger partial charge in [-0.25, -0.2) is 0 Å². The van der Waals surface area contributed by atoms with Gasteiger partial charge in [0.25, 0.3) is 0 Å². The van der Waals surface area contributed by atoms with Crippen molar-refractivity contribution in [3.8, 4) is 0 Å². The van der Waals surface area contributed by atoms with E-state index in [1.165, 1.54) is 0 Å². The molecule has 6 heteroatoms. The summed E-state index contributed by atoms with van der Waals surface area (Å²) in [6.45, 7) is 9.53. The van der Waals surface area contributed by atoms with Crippen molar-refractivity contribution in [2.75, 3.05) is 26.2 Å². The first kappa shape index (κ1) is 13.5. The molecule has 1 saturated heterocycles. The minimum atomic E-state index is -0.341. The van der Waals surface area contributed by atoms with Gasteiger partial charge in [0.15, 0.2) is 0 Å². The number of hydrogen-bond acceptors (Lipinski definition) is 6. The molecular weight excluding hydrogens is 232 g/mol. The molecule has 102 valence electrons. The summed E-state index contributed by atoms with van der Waals surface area (Å²) in [5.74, 6) is 1.21. The van der Waals surface area contributed by atoms with Gasteiger partial charge in [-0.15, -0.1) is 0 Å². The normalized spacial score (nSPS) is 22.3. The van der Waals surface area contributed by atoms with Gasteiger partial charge < -0.3 is 15.0 Å². The lowest BCUT2D eigenvalue weighted by atomic mass is 10.0. The number of morpholine rings is 1. The lowest BCUT2D eigenvalue weighted by Gasteiger charge is -2.30. The van der Waals surface area contributed by atoms with Crippen molar-refractivity contribution >= 4 is 0 Å². The topological polar surface area (TPSA) is 77.4 Å². The third-order valence-corrected chi connectivity index (χ3v) is 2.98. The van der Waals surface area contributed by atoms with Gasteiger partial charge in [0.05, 0.1) is 6.61 Å². The molecule has 1 aliphatic heterocycles. The molecule has 0 saturated carbocycles. The first-order chi connectivity index (χ1) is 8.48. The van der Waals surface area contributed by atoms with Crippen molar-refractivity contribution < 1.29 is 9.26 Å². The van der Waals surface area contributed by atoms with E-state index in [0.29, 0.717) is 24.7 Å². The van der Waals surface area contributed by atoms with Gasteiger partial charge in [0, 0.05) is 25.0 Å². The van der Waals surface area contributed by atoms with E-state index in [0.717, 1.165) is 19.6 Å². The van der Waals surface area contributed by atoms with Crippen molar-refractivity contribution in [1.82, 2.24) is 15.0 Å². The molecule has 2 rings (SSSR count). The Kier molecular flexibility index (Phi) is 3.99. The van der Waals surface area contributed by atoms with Crippen LogP contribution in [0.1, 0.15) is 38.6 Å². The number of ether oxygens (including phenoxy) is 1. The second kappa shape index (κ2) is 5.34. The summed E-state index contributed by atoms with van der Waals surface area (Å²) < 4.78 is 10.9. The first-order valence-corrected chi connectivity index (χ1v) is 6.43. The van der Waals surface area contributed by atoms with Gasteiger partial charge in [0.1, 0.15) is 6.10 Å². The van der Waals surface area contributed by atoms with Crippen LogP contribution in [-0.2, 0) is 11.2 Å². The molecule has 0 radical (unpaired) electrons. The van der Waals surface area contributed by atoms with Crippen LogP contribution in [0.4, 0.5) is 0 Å². The third kappa shape index (κ3) is 3.51. The van der Waals surface area contributed by atoms with E-state index in [1.54, 1.807) is 0 Å². The molecule has 1 fully saturated rings. The van der Waals surface area contributed by atoms with Gasteiger partial charge in [-0.05, 0) is 20.4 Å². The summed E-state index contributed by atoms with van der Waals surface area (Å²) in [4.78, 5) is 6.70. The quantitative estimate of drug-likeness (QED) is 0.854. The predicted molar refractivity (Wildman–Crippen MR) is 67.1 cm³/mol. The molecule has 0 aliphatic carbocycles. The Morgan fingerprint density at radius 3 is 2.94 bits per heavy atom. The fourth-order valence-electron chi connectivity index (χ4n) is 2.01. The van der Waals surface area contributed by atoms with Crippen LogP contribution in [0, 0.1) is 0 Å². The van der Waals surface area contributed by atoms with Crippen molar-refractivity contribution in [2.24, 2.45) is 5.73 Å². The first-order valence-electron chi connectivity index (χ1n) is 6.43. The highest BCUT2D eigenvalue weighted by Gasteiger charge is 2.26. The molecule has 0 aromatic carbocycles. The second-order valence-corrected chi connectivity index (χ2v) is 5.46. The van der Waals surface area contributed by atoms with E-state index in [9.17, 15) is 0 Å². The van der Waals surface area contributed by atoms with Crippen molar-refractivity contribution in [3.05, 3.63) is 11.7 Å². The Hall–Kier alpha value is -0.980. The third-order valence-electron chi connectivity index (χ3n) is 2.98. The van der Waals surface area contributed by atoms with Crippen LogP contribution in [0.2, 0.25) is 0 Å². The summed E-state index contributed by atoms with van der Waals surface area (Å²) >= 11 is 0. The molecule has 1 atom stereocenters. The summed E-state index contributed by atoms with van der Waals surface area (Å²) in [5.41, 5.74) is 5.59. The molecule has 1 aromatic heterocycles. The number of hydrogen-bond donors (Lipinski definition) is 1. The SMILES string of the molecule is CCN1CCOC(c2noc(CC(C)(C)N)n2)C1. The molecule has 18 heavy (non-hydrogen) atoms. The van der Waals surface area contributed by atoms with Gasteiger partial charge in [-0.3, -0.25) is 4.90 Å².